The van der Waals surface area contributed by atoms with Gasteiger partial charge in [-0.1, -0.05) is 41.5 Å². The number of hydrogen-bond donors (Lipinski definition) is 1. The largest absolute Gasteiger partial charge is 0.467 e. The maximum absolute atomic E-state index is 12.7. The molecule has 0 atom stereocenters. The normalized spacial score (nSPS) is 14.6. The third kappa shape index (κ3) is 4.42. The number of allylic oxidation sites excluding steroid dienone is 4. The number of nitrogens with zero attached hydrogens (tertiary/aromatic N) is 2. The molecule has 0 saturated heterocycles. The molecule has 2 heterocycles. The molecule has 0 bridgehead atoms. The van der Waals surface area contributed by atoms with Crippen LogP contribution in [0.5, 0.6) is 5.88 Å². The zero-order valence-electron chi connectivity index (χ0n) is 13.0. The Morgan fingerprint density at radius 1 is 1.38 bits per heavy atom. The summed E-state index contributed by atoms with van der Waals surface area (Å²) in [5, 5.41) is 0.275. The molecule has 136 valence electrons. The van der Waals surface area contributed by atoms with Crippen molar-refractivity contribution in [2.45, 2.75) is 13.0 Å². The van der Waals surface area contributed by atoms with Gasteiger partial charge in [-0.15, -0.1) is 0 Å². The highest BCUT2D eigenvalue weighted by Gasteiger charge is 2.26. The van der Waals surface area contributed by atoms with Crippen molar-refractivity contribution in [2.75, 3.05) is 4.72 Å². The number of nitrogens with one attached hydrogen (secondary N) is 1. The molecule has 0 radical (unpaired) electrons. The van der Waals surface area contributed by atoms with Crippen molar-refractivity contribution in [3.8, 4) is 5.88 Å². The molecule has 0 amide bonds. The molecule has 0 unspecified atom stereocenters. The van der Waals surface area contributed by atoms with Crippen molar-refractivity contribution in [1.82, 2.24) is 9.97 Å². The van der Waals surface area contributed by atoms with Crippen LogP contribution in [0.2, 0.25) is 5.15 Å². The van der Waals surface area contributed by atoms with E-state index in [0.29, 0.717) is 5.76 Å². The summed E-state index contributed by atoms with van der Waals surface area (Å²) in [6, 6.07) is 3.40. The van der Waals surface area contributed by atoms with Crippen LogP contribution in [0, 0.1) is 0 Å². The van der Waals surface area contributed by atoms with Gasteiger partial charge in [0.2, 0.25) is 5.82 Å². The van der Waals surface area contributed by atoms with Crippen molar-refractivity contribution in [3.05, 3.63) is 57.6 Å². The van der Waals surface area contributed by atoms with Gasteiger partial charge in [0.15, 0.2) is 0 Å². The van der Waals surface area contributed by atoms with E-state index in [1.807, 2.05) is 0 Å². The minimum absolute atomic E-state index is 0.00817. The number of hydrogen-bond acceptors (Lipinski definition) is 7. The van der Waals surface area contributed by atoms with Gasteiger partial charge in [-0.25, -0.2) is 18.4 Å². The first-order valence-corrected chi connectivity index (χ1v) is 9.81. The van der Waals surface area contributed by atoms with E-state index in [1.165, 1.54) is 18.5 Å². The predicted octanol–water partition coefficient (Wildman–Crippen LogP) is 3.82. The minimum atomic E-state index is -4.05. The monoisotopic (exact) mass is 431 g/mol. The lowest BCUT2D eigenvalue weighted by Gasteiger charge is -2.15. The van der Waals surface area contributed by atoms with Gasteiger partial charge in [0.25, 0.3) is 15.9 Å². The fourth-order valence-electron chi connectivity index (χ4n) is 2.03. The second kappa shape index (κ2) is 7.75. The van der Waals surface area contributed by atoms with Crippen LogP contribution in [-0.2, 0) is 16.6 Å². The van der Waals surface area contributed by atoms with Gasteiger partial charge in [-0.3, -0.25) is 4.72 Å². The Bertz CT molecular complexity index is 1000. The number of thiocarbonyl (C=S) groups is 1. The maximum Gasteiger partial charge on any atom is 0.264 e. The van der Waals surface area contributed by atoms with Crippen molar-refractivity contribution >= 4 is 56.1 Å². The van der Waals surface area contributed by atoms with E-state index < -0.39 is 10.0 Å². The van der Waals surface area contributed by atoms with Crippen molar-refractivity contribution in [3.63, 3.8) is 0 Å². The number of rotatable bonds is 6. The minimum Gasteiger partial charge on any atom is -0.467 e. The lowest BCUT2D eigenvalue weighted by molar-refractivity contribution is 0.261. The molecular formula is C15H11Cl2N3O4S2. The second-order valence-corrected chi connectivity index (χ2v) is 8.01. The Kier molecular flexibility index (Phi) is 5.61. The summed E-state index contributed by atoms with van der Waals surface area (Å²) >= 11 is 16.8. The quantitative estimate of drug-likeness (QED) is 0.694. The zero-order chi connectivity index (χ0) is 18.7. The van der Waals surface area contributed by atoms with E-state index in [-0.39, 0.29) is 44.7 Å². The van der Waals surface area contributed by atoms with Gasteiger partial charge < -0.3 is 9.15 Å². The van der Waals surface area contributed by atoms with Crippen LogP contribution < -0.4 is 9.46 Å². The van der Waals surface area contributed by atoms with Crippen LogP contribution >= 0.6 is 35.4 Å². The second-order valence-electron chi connectivity index (χ2n) is 5.04. The summed E-state index contributed by atoms with van der Waals surface area (Å²) in [5.74, 6) is 0.306. The summed E-state index contributed by atoms with van der Waals surface area (Å²) in [5.41, 5.74) is 0. The highest BCUT2D eigenvalue weighted by molar-refractivity contribution is 7.99. The van der Waals surface area contributed by atoms with Crippen LogP contribution in [0.15, 0.2) is 51.1 Å². The van der Waals surface area contributed by atoms with Crippen LogP contribution in [0.25, 0.3) is 0 Å². The van der Waals surface area contributed by atoms with E-state index in [0.717, 1.165) is 0 Å². The standard InChI is InChI=1S/C15H11Cl2N3O4S2/c16-9-3-4-11(25)12(6-9)26(21,22)20-14-15(18-7-13(17)19-14)24-8-10-2-1-5-23-10/h1-3,5-7H,4,8H2,(H,19,20). The van der Waals surface area contributed by atoms with Crippen molar-refractivity contribution in [1.29, 1.82) is 0 Å². The van der Waals surface area contributed by atoms with E-state index >= 15 is 0 Å². The fraction of sp³-hybridized carbons (Fsp3) is 0.133. The molecule has 2 aromatic rings. The van der Waals surface area contributed by atoms with Gasteiger partial charge in [0.1, 0.15) is 22.4 Å². The molecule has 3 rings (SSSR count). The van der Waals surface area contributed by atoms with Crippen LogP contribution in [0.1, 0.15) is 12.2 Å². The molecule has 0 aromatic carbocycles. The molecule has 11 heteroatoms. The average Bonchev–Trinajstić information content (AvgIpc) is 3.09. The number of halogens is 2. The Labute approximate surface area is 164 Å². The van der Waals surface area contributed by atoms with Crippen LogP contribution in [0.4, 0.5) is 5.82 Å². The third-order valence-corrected chi connectivity index (χ3v) is 5.55. The van der Waals surface area contributed by atoms with Gasteiger partial charge in [-0.05, 0) is 18.2 Å². The van der Waals surface area contributed by atoms with Gasteiger partial charge in [-0.2, -0.15) is 0 Å². The molecule has 0 fully saturated rings. The van der Waals surface area contributed by atoms with E-state index in [1.54, 1.807) is 18.2 Å². The Hall–Kier alpha value is -1.94. The number of sulfonamides is 1. The molecule has 0 spiro atoms. The van der Waals surface area contributed by atoms with Gasteiger partial charge >= 0.3 is 0 Å². The summed E-state index contributed by atoms with van der Waals surface area (Å²) in [6.07, 6.45) is 5.88. The SMILES string of the molecule is O=S(=O)(Nc1nc(Cl)cnc1OCc1ccco1)C1=CC(Cl)=CCC1=S. The van der Waals surface area contributed by atoms with Crippen LogP contribution in [-0.4, -0.2) is 23.3 Å². The highest BCUT2D eigenvalue weighted by Crippen LogP contribution is 2.28. The smallest absolute Gasteiger partial charge is 0.264 e. The summed E-state index contributed by atoms with van der Waals surface area (Å²) in [6.45, 7) is 0.0354. The van der Waals surface area contributed by atoms with E-state index in [9.17, 15) is 8.42 Å². The lowest BCUT2D eigenvalue weighted by Crippen LogP contribution is -2.22. The molecule has 7 nitrogen and oxygen atoms in total. The third-order valence-electron chi connectivity index (χ3n) is 3.19. The first kappa shape index (κ1) is 18.8. The Balaban J connectivity index is 1.87. The number of ether oxygens (including phenoxy) is 1. The number of anilines is 1. The van der Waals surface area contributed by atoms with E-state index in [4.69, 9.17) is 44.6 Å². The Morgan fingerprint density at radius 2 is 2.19 bits per heavy atom. The van der Waals surface area contributed by atoms with Gasteiger partial charge in [0.05, 0.1) is 12.5 Å². The molecular weight excluding hydrogens is 421 g/mol. The summed E-state index contributed by atoms with van der Waals surface area (Å²) < 4.78 is 38.3. The predicted molar refractivity (Wildman–Crippen MR) is 102 cm³/mol. The molecule has 1 aliphatic rings. The molecule has 1 aliphatic carbocycles. The van der Waals surface area contributed by atoms with Crippen molar-refractivity contribution < 1.29 is 17.6 Å². The Morgan fingerprint density at radius 3 is 2.92 bits per heavy atom. The molecule has 1 N–H and O–H groups in total. The zero-order valence-corrected chi connectivity index (χ0v) is 16.1. The number of aromatic nitrogens is 2. The maximum atomic E-state index is 12.7. The van der Waals surface area contributed by atoms with Gasteiger partial charge in [0, 0.05) is 16.3 Å². The van der Waals surface area contributed by atoms with Crippen molar-refractivity contribution in [2.24, 2.45) is 0 Å². The first-order chi connectivity index (χ1) is 12.3. The first-order valence-electron chi connectivity index (χ1n) is 7.16. The highest BCUT2D eigenvalue weighted by atomic mass is 35.5. The van der Waals surface area contributed by atoms with E-state index in [2.05, 4.69) is 14.7 Å². The summed E-state index contributed by atoms with van der Waals surface area (Å²) in [4.78, 5) is 8.02. The molecule has 26 heavy (non-hydrogen) atoms. The summed E-state index contributed by atoms with van der Waals surface area (Å²) in [7, 11) is -4.05. The lowest BCUT2D eigenvalue weighted by atomic mass is 10.2. The average molecular weight is 432 g/mol. The molecule has 2 aromatic heterocycles. The fourth-order valence-corrected chi connectivity index (χ4v) is 4.05. The topological polar surface area (TPSA) is 94.3 Å². The molecule has 0 aliphatic heterocycles. The molecule has 0 saturated carbocycles. The number of furan rings is 1. The van der Waals surface area contributed by atoms with Crippen LogP contribution in [0.3, 0.4) is 0 Å².